The Kier molecular flexibility index (Phi) is 5.14. The maximum atomic E-state index is 13.1. The molecule has 0 aliphatic heterocycles. The molecule has 0 fully saturated rings. The first kappa shape index (κ1) is 19.9. The summed E-state index contributed by atoms with van der Waals surface area (Å²) in [5.41, 5.74) is 12.6. The lowest BCUT2D eigenvalue weighted by Crippen LogP contribution is -2.13. The lowest BCUT2D eigenvalue weighted by molar-refractivity contribution is 0.0972. The van der Waals surface area contributed by atoms with Crippen LogP contribution in [0.15, 0.2) is 24.3 Å². The van der Waals surface area contributed by atoms with Crippen LogP contribution in [0.25, 0.3) is 22.3 Å². The molecule has 2 heteroatoms. The molecule has 0 amide bonds. The van der Waals surface area contributed by atoms with Crippen LogP contribution in [0.2, 0.25) is 0 Å². The van der Waals surface area contributed by atoms with E-state index in [1.165, 1.54) is 50.3 Å². The van der Waals surface area contributed by atoms with Crippen LogP contribution in [0.5, 0.6) is 0 Å². The van der Waals surface area contributed by atoms with E-state index >= 15 is 0 Å². The van der Waals surface area contributed by atoms with Crippen LogP contribution in [0.4, 0.5) is 0 Å². The molecule has 0 bridgehead atoms. The van der Waals surface area contributed by atoms with Crippen molar-refractivity contribution in [2.75, 3.05) is 0 Å². The van der Waals surface area contributed by atoms with Gasteiger partial charge in [0.05, 0.1) is 0 Å². The normalized spacial score (nSPS) is 14.1. The molecule has 0 saturated heterocycles. The third-order valence-corrected chi connectivity index (χ3v) is 6.67. The molecule has 3 aliphatic rings. The Morgan fingerprint density at radius 3 is 2.38 bits per heavy atom. The van der Waals surface area contributed by atoms with Gasteiger partial charge in [0.2, 0.25) is 0 Å². The molecular weight excluding hydrogens is 354 g/mol. The van der Waals surface area contributed by atoms with E-state index in [2.05, 4.69) is 70.4 Å². The summed E-state index contributed by atoms with van der Waals surface area (Å²) in [5, 5.41) is 0. The Morgan fingerprint density at radius 2 is 1.69 bits per heavy atom. The summed E-state index contributed by atoms with van der Waals surface area (Å²) < 4.78 is 2.42. The number of carbonyl (C=O) groups is 1. The van der Waals surface area contributed by atoms with Gasteiger partial charge >= 0.3 is 0 Å². The average molecular weight is 388 g/mol. The molecule has 1 aromatic rings. The van der Waals surface area contributed by atoms with E-state index in [1.54, 1.807) is 0 Å². The van der Waals surface area contributed by atoms with Crippen molar-refractivity contribution in [3.8, 4) is 22.3 Å². The number of fused-ring (bicyclic) bond motifs is 2. The maximum Gasteiger partial charge on any atom is 0.165 e. The molecule has 0 atom stereocenters. The summed E-state index contributed by atoms with van der Waals surface area (Å²) in [5.74, 6) is 0.816. The van der Waals surface area contributed by atoms with Crippen LogP contribution in [-0.2, 0) is 13.0 Å². The van der Waals surface area contributed by atoms with Crippen LogP contribution < -0.4 is 0 Å². The quantitative estimate of drug-likeness (QED) is 0.462. The summed E-state index contributed by atoms with van der Waals surface area (Å²) in [6.07, 6.45) is 3.76. The number of aryl methyl sites for hydroxylation is 2. The highest BCUT2D eigenvalue weighted by molar-refractivity contribution is 6.08. The van der Waals surface area contributed by atoms with E-state index in [0.717, 1.165) is 31.4 Å². The van der Waals surface area contributed by atoms with Crippen LogP contribution in [0.1, 0.15) is 84.4 Å². The Balaban J connectivity index is 2.04. The van der Waals surface area contributed by atoms with Crippen molar-refractivity contribution < 1.29 is 4.79 Å². The summed E-state index contributed by atoms with van der Waals surface area (Å²) >= 11 is 0. The van der Waals surface area contributed by atoms with Crippen molar-refractivity contribution >= 4 is 5.78 Å². The van der Waals surface area contributed by atoms with Gasteiger partial charge in [0.1, 0.15) is 0 Å². The monoisotopic (exact) mass is 387 g/mol. The smallest absolute Gasteiger partial charge is 0.165 e. The van der Waals surface area contributed by atoms with Gasteiger partial charge in [-0.05, 0) is 79.3 Å². The number of hydrogen-bond donors (Lipinski definition) is 0. The zero-order valence-corrected chi connectivity index (χ0v) is 18.8. The van der Waals surface area contributed by atoms with Crippen molar-refractivity contribution in [3.63, 3.8) is 0 Å². The number of hydrogen-bond acceptors (Lipinski definition) is 1. The second-order valence-corrected chi connectivity index (χ2v) is 9.06. The minimum atomic E-state index is 0.326. The zero-order chi connectivity index (χ0) is 20.9. The number of Topliss-reactive ketones (excluding diaryl/α,β-unsaturated/α-hetero) is 1. The van der Waals surface area contributed by atoms with E-state index in [4.69, 9.17) is 0 Å². The third-order valence-electron chi connectivity index (χ3n) is 6.67. The fourth-order valence-electron chi connectivity index (χ4n) is 5.15. The van der Waals surface area contributed by atoms with E-state index in [9.17, 15) is 4.79 Å². The highest BCUT2D eigenvalue weighted by Crippen LogP contribution is 2.46. The van der Waals surface area contributed by atoms with Gasteiger partial charge in [-0.1, -0.05) is 45.0 Å². The van der Waals surface area contributed by atoms with Crippen LogP contribution in [-0.4, -0.2) is 10.4 Å². The van der Waals surface area contributed by atoms with E-state index in [1.807, 2.05) is 0 Å². The van der Waals surface area contributed by atoms with Gasteiger partial charge in [0, 0.05) is 35.5 Å². The molecule has 3 aliphatic carbocycles. The summed E-state index contributed by atoms with van der Waals surface area (Å²) in [6.45, 7) is 14.3. The second kappa shape index (κ2) is 7.48. The molecule has 152 valence electrons. The molecule has 0 saturated carbocycles. The largest absolute Gasteiger partial charge is 0.348 e. The van der Waals surface area contributed by atoms with E-state index in [0.29, 0.717) is 18.1 Å². The van der Waals surface area contributed by atoms with E-state index in [-0.39, 0.29) is 0 Å². The predicted octanol–water partition coefficient (Wildman–Crippen LogP) is 7.24. The summed E-state index contributed by atoms with van der Waals surface area (Å²) in [7, 11) is 0. The minimum absolute atomic E-state index is 0.326. The first-order valence-electron chi connectivity index (χ1n) is 11.1. The molecule has 4 rings (SSSR count). The van der Waals surface area contributed by atoms with Gasteiger partial charge in [-0.2, -0.15) is 0 Å². The molecule has 0 radical (unpaired) electrons. The Bertz CT molecular complexity index is 1070. The van der Waals surface area contributed by atoms with Crippen molar-refractivity contribution in [3.05, 3.63) is 57.9 Å². The molecule has 1 heterocycles. The molecule has 0 aromatic carbocycles. The lowest BCUT2D eigenvalue weighted by atomic mass is 9.89. The van der Waals surface area contributed by atoms with Gasteiger partial charge in [-0.15, -0.1) is 0 Å². The predicted molar refractivity (Wildman–Crippen MR) is 122 cm³/mol. The number of nitrogens with zero attached hydrogens (tertiary/aromatic N) is 1. The second-order valence-electron chi connectivity index (χ2n) is 9.06. The summed E-state index contributed by atoms with van der Waals surface area (Å²) in [4.78, 5) is 13.1. The molecule has 1 aromatic heterocycles. The fraction of sp³-hybridized carbons (Fsp3) is 0.444. The SMILES string of the molecule is CCCn1c(C)c(-c2cc(C)c3cc(C(C)C)ccc(C)c2-3)c2c1CCCC2=O. The van der Waals surface area contributed by atoms with E-state index < -0.39 is 0 Å². The highest BCUT2D eigenvalue weighted by atomic mass is 16.1. The van der Waals surface area contributed by atoms with Gasteiger partial charge < -0.3 is 4.57 Å². The topological polar surface area (TPSA) is 22.0 Å². The Labute approximate surface area is 175 Å². The molecule has 29 heavy (non-hydrogen) atoms. The van der Waals surface area contributed by atoms with Crippen LogP contribution in [0.3, 0.4) is 0 Å². The lowest BCUT2D eigenvalue weighted by Gasteiger charge is -2.15. The van der Waals surface area contributed by atoms with Gasteiger partial charge in [0.25, 0.3) is 0 Å². The maximum absolute atomic E-state index is 13.1. The van der Waals surface area contributed by atoms with Crippen molar-refractivity contribution in [1.82, 2.24) is 4.57 Å². The third kappa shape index (κ3) is 3.13. The fourth-order valence-corrected chi connectivity index (χ4v) is 5.15. The molecule has 0 spiro atoms. The molecule has 0 unspecified atom stereocenters. The Hall–Kier alpha value is -2.35. The van der Waals surface area contributed by atoms with Gasteiger partial charge in [0.15, 0.2) is 5.78 Å². The zero-order valence-electron chi connectivity index (χ0n) is 18.8. The number of aromatic nitrogens is 1. The number of carbonyl (C=O) groups excluding carboxylic acids is 1. The van der Waals surface area contributed by atoms with Crippen LogP contribution >= 0.6 is 0 Å². The van der Waals surface area contributed by atoms with Gasteiger partial charge in [-0.3, -0.25) is 4.79 Å². The standard InChI is InChI=1S/C27H33NO/c1-7-13-28-19(6)26(27-23(28)9-8-10-24(27)29)22-14-18(5)21-15-20(16(2)3)12-11-17(4)25(21)22/h11-12,14-16H,7-10,13H2,1-6H3. The minimum Gasteiger partial charge on any atom is -0.348 e. The number of rotatable bonds is 4. The first-order valence-corrected chi connectivity index (χ1v) is 11.1. The Morgan fingerprint density at radius 1 is 0.931 bits per heavy atom. The molecule has 0 N–H and O–H groups in total. The van der Waals surface area contributed by atoms with Crippen molar-refractivity contribution in [2.45, 2.75) is 79.7 Å². The average Bonchev–Trinajstić information content (AvgIpc) is 3.06. The van der Waals surface area contributed by atoms with Crippen LogP contribution in [0, 0.1) is 20.8 Å². The first-order chi connectivity index (χ1) is 13.8. The summed E-state index contributed by atoms with van der Waals surface area (Å²) in [6, 6.07) is 9.20. The van der Waals surface area contributed by atoms with Crippen molar-refractivity contribution in [2.24, 2.45) is 0 Å². The molecule has 2 nitrogen and oxygen atoms in total. The number of ketones is 1. The highest BCUT2D eigenvalue weighted by Gasteiger charge is 2.31. The van der Waals surface area contributed by atoms with Crippen molar-refractivity contribution in [1.29, 1.82) is 0 Å². The van der Waals surface area contributed by atoms with Gasteiger partial charge in [-0.25, -0.2) is 0 Å². The molecular formula is C27H33NO.